The van der Waals surface area contributed by atoms with Gasteiger partial charge in [0.15, 0.2) is 0 Å². The molecule has 2 aromatic rings. The SMILES string of the molecule is [CH]c1cccc(Cc2[c-]cccc2)n1.[Ti]. The zero-order valence-corrected chi connectivity index (χ0v) is 9.83. The van der Waals surface area contributed by atoms with Gasteiger partial charge in [-0.15, -0.1) is 0 Å². The van der Waals surface area contributed by atoms with E-state index < -0.39 is 0 Å². The van der Waals surface area contributed by atoms with Crippen molar-refractivity contribution in [3.63, 3.8) is 0 Å². The monoisotopic (exact) mass is 228 g/mol. The maximum atomic E-state index is 5.59. The second-order valence-corrected chi connectivity index (χ2v) is 3.12. The van der Waals surface area contributed by atoms with E-state index in [1.54, 1.807) is 6.07 Å². The van der Waals surface area contributed by atoms with Crippen molar-refractivity contribution in [2.24, 2.45) is 0 Å². The van der Waals surface area contributed by atoms with Gasteiger partial charge >= 0.3 is 0 Å². The van der Waals surface area contributed by atoms with Gasteiger partial charge in [-0.3, -0.25) is 4.98 Å². The van der Waals surface area contributed by atoms with Gasteiger partial charge in [-0.05, 0) is 18.6 Å². The Bertz CT molecular complexity index is 412. The second kappa shape index (κ2) is 5.84. The molecule has 0 aliphatic heterocycles. The molecule has 0 aliphatic carbocycles. The smallest absolute Gasteiger partial charge is 0.0451 e. The summed E-state index contributed by atoms with van der Waals surface area (Å²) >= 11 is 0. The van der Waals surface area contributed by atoms with Crippen molar-refractivity contribution in [2.45, 2.75) is 6.42 Å². The first-order valence-corrected chi connectivity index (χ1v) is 4.51. The van der Waals surface area contributed by atoms with Crippen LogP contribution in [0.5, 0.6) is 0 Å². The fraction of sp³-hybridized carbons (Fsp3) is 0.0769. The van der Waals surface area contributed by atoms with Gasteiger partial charge in [0.2, 0.25) is 0 Å². The van der Waals surface area contributed by atoms with Crippen LogP contribution in [0.1, 0.15) is 17.0 Å². The molecule has 0 saturated carbocycles. The molecule has 0 N–H and O–H groups in total. The number of hydrogen-bond acceptors (Lipinski definition) is 1. The zero-order valence-electron chi connectivity index (χ0n) is 8.27. The second-order valence-electron chi connectivity index (χ2n) is 3.12. The maximum Gasteiger partial charge on any atom is 0.0451 e. The summed E-state index contributed by atoms with van der Waals surface area (Å²) < 4.78 is 0. The first-order chi connectivity index (χ1) is 6.84. The third-order valence-corrected chi connectivity index (χ3v) is 1.97. The van der Waals surface area contributed by atoms with Crippen LogP contribution >= 0.6 is 0 Å². The Hall–Kier alpha value is -0.916. The fourth-order valence-corrected chi connectivity index (χ4v) is 1.33. The van der Waals surface area contributed by atoms with Gasteiger partial charge in [-0.25, -0.2) is 0 Å². The van der Waals surface area contributed by atoms with Gasteiger partial charge in [-0.2, -0.15) is 35.9 Å². The largest absolute Gasteiger partial charge is 0.257 e. The van der Waals surface area contributed by atoms with Crippen LogP contribution in [-0.2, 0) is 28.1 Å². The third kappa shape index (κ3) is 3.62. The van der Waals surface area contributed by atoms with Gasteiger partial charge in [0.25, 0.3) is 0 Å². The fourth-order valence-electron chi connectivity index (χ4n) is 1.33. The van der Waals surface area contributed by atoms with Gasteiger partial charge in [0.05, 0.1) is 0 Å². The Balaban J connectivity index is 0.00000112. The third-order valence-electron chi connectivity index (χ3n) is 1.97. The first-order valence-electron chi connectivity index (χ1n) is 4.51. The summed E-state index contributed by atoms with van der Waals surface area (Å²) in [5.74, 6) is 0. The molecule has 0 fully saturated rings. The van der Waals surface area contributed by atoms with Gasteiger partial charge in [0, 0.05) is 40.0 Å². The quantitative estimate of drug-likeness (QED) is 0.568. The average molecular weight is 228 g/mol. The van der Waals surface area contributed by atoms with Crippen molar-refractivity contribution < 1.29 is 21.7 Å². The normalized spacial score (nSPS) is 9.40. The summed E-state index contributed by atoms with van der Waals surface area (Å²) in [6.07, 6.45) is 0.784. The van der Waals surface area contributed by atoms with Crippen LogP contribution in [0.2, 0.25) is 0 Å². The molecule has 15 heavy (non-hydrogen) atoms. The molecule has 0 spiro atoms. The van der Waals surface area contributed by atoms with E-state index in [1.807, 2.05) is 36.4 Å². The Morgan fingerprint density at radius 2 is 2.00 bits per heavy atom. The van der Waals surface area contributed by atoms with Crippen molar-refractivity contribution >= 4 is 0 Å². The minimum absolute atomic E-state index is 0. The number of rotatable bonds is 2. The predicted octanol–water partition coefficient (Wildman–Crippen LogP) is 2.53. The van der Waals surface area contributed by atoms with E-state index in [0.717, 1.165) is 17.7 Å². The summed E-state index contributed by atoms with van der Waals surface area (Å²) in [7, 11) is 0. The number of nitrogens with zero attached hydrogens (tertiary/aromatic N) is 1. The molecule has 0 amide bonds. The minimum Gasteiger partial charge on any atom is -0.257 e. The topological polar surface area (TPSA) is 12.9 Å². The van der Waals surface area contributed by atoms with Crippen LogP contribution in [-0.4, -0.2) is 4.98 Å². The molecule has 1 nitrogen and oxygen atoms in total. The van der Waals surface area contributed by atoms with E-state index >= 15 is 0 Å². The summed E-state index contributed by atoms with van der Waals surface area (Å²) in [6, 6.07) is 16.7. The Labute approximate surface area is 105 Å². The van der Waals surface area contributed by atoms with Crippen LogP contribution < -0.4 is 0 Å². The number of benzene rings is 1. The number of hydrogen-bond donors (Lipinski definition) is 0. The molecule has 0 aliphatic rings. The molecule has 1 aromatic heterocycles. The number of aromatic nitrogens is 1. The van der Waals surface area contributed by atoms with Crippen LogP contribution in [0.15, 0.2) is 42.5 Å². The molecular formula is C13H10NTi-. The van der Waals surface area contributed by atoms with Crippen molar-refractivity contribution in [1.29, 1.82) is 0 Å². The minimum atomic E-state index is 0. The summed E-state index contributed by atoms with van der Waals surface area (Å²) in [4.78, 5) is 4.23. The molecular weight excluding hydrogens is 218 g/mol. The van der Waals surface area contributed by atoms with Crippen molar-refractivity contribution in [3.05, 3.63) is 72.4 Å². The van der Waals surface area contributed by atoms with Gasteiger partial charge in [-0.1, -0.05) is 6.07 Å². The van der Waals surface area contributed by atoms with E-state index in [9.17, 15) is 0 Å². The molecule has 2 radical (unpaired) electrons. The van der Waals surface area contributed by atoms with Gasteiger partial charge < -0.3 is 0 Å². The van der Waals surface area contributed by atoms with Crippen molar-refractivity contribution in [1.82, 2.24) is 4.98 Å². The first kappa shape index (κ1) is 12.2. The molecule has 0 bridgehead atoms. The average Bonchev–Trinajstić information content (AvgIpc) is 2.19. The van der Waals surface area contributed by atoms with E-state index in [-0.39, 0.29) is 21.7 Å². The molecule has 2 heteroatoms. The summed E-state index contributed by atoms with van der Waals surface area (Å²) in [5.41, 5.74) is 2.68. The standard InChI is InChI=1S/C13H10N.Ti/c1-11-6-5-9-13(14-11)10-12-7-3-2-4-8-12;/h1-7,9H,10H2;/q-1;. The van der Waals surface area contributed by atoms with E-state index in [0.29, 0.717) is 5.69 Å². The van der Waals surface area contributed by atoms with Crippen molar-refractivity contribution in [3.8, 4) is 0 Å². The molecule has 0 unspecified atom stereocenters. The van der Waals surface area contributed by atoms with Crippen LogP contribution in [0, 0.1) is 13.0 Å². The molecule has 1 aromatic carbocycles. The molecule has 0 atom stereocenters. The van der Waals surface area contributed by atoms with Crippen LogP contribution in [0.4, 0.5) is 0 Å². The van der Waals surface area contributed by atoms with E-state index in [1.165, 1.54) is 0 Å². The number of pyridine rings is 1. The van der Waals surface area contributed by atoms with E-state index in [2.05, 4.69) is 11.1 Å². The summed E-state index contributed by atoms with van der Waals surface area (Å²) in [5, 5.41) is 0. The van der Waals surface area contributed by atoms with Gasteiger partial charge in [0.1, 0.15) is 0 Å². The Morgan fingerprint density at radius 3 is 2.67 bits per heavy atom. The Morgan fingerprint density at radius 1 is 1.13 bits per heavy atom. The maximum absolute atomic E-state index is 5.59. The van der Waals surface area contributed by atoms with E-state index in [4.69, 9.17) is 6.92 Å². The van der Waals surface area contributed by atoms with Crippen LogP contribution in [0.3, 0.4) is 0 Å². The molecule has 1 heterocycles. The molecule has 2 rings (SSSR count). The molecule has 0 saturated heterocycles. The predicted molar refractivity (Wildman–Crippen MR) is 55.7 cm³/mol. The molecule has 72 valence electrons. The Kier molecular flexibility index (Phi) is 4.73. The zero-order chi connectivity index (χ0) is 9.80. The van der Waals surface area contributed by atoms with Crippen molar-refractivity contribution in [2.75, 3.05) is 0 Å². The summed E-state index contributed by atoms with van der Waals surface area (Å²) in [6.45, 7) is 5.59. The van der Waals surface area contributed by atoms with Crippen LogP contribution in [0.25, 0.3) is 0 Å².